The fourth-order valence-corrected chi connectivity index (χ4v) is 3.27. The van der Waals surface area contributed by atoms with E-state index in [4.69, 9.17) is 11.6 Å². The summed E-state index contributed by atoms with van der Waals surface area (Å²) in [5.74, 6) is -0.444. The van der Waals surface area contributed by atoms with E-state index >= 15 is 0 Å². The van der Waals surface area contributed by atoms with Crippen molar-refractivity contribution < 1.29 is 13.2 Å². The van der Waals surface area contributed by atoms with Crippen LogP contribution in [0, 0.1) is 0 Å². The third-order valence-electron chi connectivity index (χ3n) is 3.39. The highest BCUT2D eigenvalue weighted by Gasteiger charge is 2.21. The zero-order valence-corrected chi connectivity index (χ0v) is 16.0. The highest BCUT2D eigenvalue weighted by atomic mass is 35.5. The number of benzene rings is 1. The van der Waals surface area contributed by atoms with Gasteiger partial charge in [-0.3, -0.25) is 14.4 Å². The summed E-state index contributed by atoms with van der Waals surface area (Å²) >= 11 is 6.16. The Bertz CT molecular complexity index is 963. The molecule has 1 heterocycles. The molecule has 8 heteroatoms. The lowest BCUT2D eigenvalue weighted by Gasteiger charge is -2.13. The minimum absolute atomic E-state index is 0.00243. The Hall–Kier alpha value is -1.96. The summed E-state index contributed by atoms with van der Waals surface area (Å²) in [5.41, 5.74) is 0.570. The molecule has 0 aliphatic heterocycles. The van der Waals surface area contributed by atoms with Crippen LogP contribution in [0.2, 0.25) is 5.02 Å². The maximum absolute atomic E-state index is 12.9. The first-order chi connectivity index (χ1) is 11.6. The van der Waals surface area contributed by atoms with Crippen molar-refractivity contribution in [3.8, 4) is 0 Å². The molecule has 0 fully saturated rings. The van der Waals surface area contributed by atoms with Crippen LogP contribution in [0.15, 0.2) is 52.5 Å². The number of halogens is 1. The summed E-state index contributed by atoms with van der Waals surface area (Å²) in [6.45, 7) is 3.80. The Morgan fingerprint density at radius 2 is 1.88 bits per heavy atom. The molecule has 2 aromatic rings. The Balaban J connectivity index is 2.63. The average molecular weight is 382 g/mol. The average Bonchev–Trinajstić information content (AvgIpc) is 2.54. The van der Waals surface area contributed by atoms with Crippen LogP contribution in [0.1, 0.15) is 24.2 Å². The molecule has 0 atom stereocenters. The largest absolute Gasteiger partial charge is 0.268 e. The quantitative estimate of drug-likeness (QED) is 0.816. The number of carbonyl (C=O) groups is 1. The number of carbonyl (C=O) groups excluding carboxylic acids is 1. The van der Waals surface area contributed by atoms with Crippen molar-refractivity contribution in [2.75, 3.05) is 14.1 Å². The maximum Gasteiger partial charge on any atom is 0.265 e. The van der Waals surface area contributed by atoms with Gasteiger partial charge in [-0.15, -0.1) is 0 Å². The number of sulfonamides is 1. The van der Waals surface area contributed by atoms with Gasteiger partial charge in [0.1, 0.15) is 5.49 Å². The Morgan fingerprint density at radius 3 is 2.48 bits per heavy atom. The second-order valence-electron chi connectivity index (χ2n) is 5.89. The summed E-state index contributed by atoms with van der Waals surface area (Å²) < 4.78 is 27.1. The molecule has 0 saturated heterocycles. The van der Waals surface area contributed by atoms with E-state index in [2.05, 4.69) is 4.99 Å². The monoisotopic (exact) mass is 381 g/mol. The van der Waals surface area contributed by atoms with Gasteiger partial charge in [0.2, 0.25) is 10.0 Å². The molecule has 6 nitrogen and oxygen atoms in total. The van der Waals surface area contributed by atoms with Crippen molar-refractivity contribution in [3.05, 3.63) is 58.7 Å². The molecule has 0 aliphatic carbocycles. The van der Waals surface area contributed by atoms with Gasteiger partial charge < -0.3 is 0 Å². The first-order valence-corrected chi connectivity index (χ1v) is 9.44. The van der Waals surface area contributed by atoms with Crippen LogP contribution in [-0.4, -0.2) is 43.3 Å². The standard InChI is InChI=1S/C17H20ClN3O3S/c1-12(2)19-16-7-5-6-10-21(16)17(22)14-11-13(8-9-15(14)18)25(23,24)20(3)4/h5-12H,1-4H3. The molecule has 25 heavy (non-hydrogen) atoms. The molecule has 0 amide bonds. The summed E-state index contributed by atoms with van der Waals surface area (Å²) in [5, 5.41) is 0.176. The van der Waals surface area contributed by atoms with Crippen LogP contribution in [0.4, 0.5) is 0 Å². The molecule has 0 radical (unpaired) electrons. The molecule has 0 bridgehead atoms. The highest BCUT2D eigenvalue weighted by Crippen LogP contribution is 2.22. The number of rotatable bonds is 4. The second-order valence-corrected chi connectivity index (χ2v) is 8.44. The van der Waals surface area contributed by atoms with Gasteiger partial charge in [0.15, 0.2) is 0 Å². The van der Waals surface area contributed by atoms with E-state index in [1.807, 2.05) is 13.8 Å². The van der Waals surface area contributed by atoms with Crippen molar-refractivity contribution in [2.24, 2.45) is 4.99 Å². The smallest absolute Gasteiger partial charge is 0.265 e. The topological polar surface area (TPSA) is 71.7 Å². The third kappa shape index (κ3) is 4.18. The molecule has 1 aromatic heterocycles. The fraction of sp³-hybridized carbons (Fsp3) is 0.294. The van der Waals surface area contributed by atoms with E-state index < -0.39 is 15.9 Å². The molecular weight excluding hydrogens is 362 g/mol. The zero-order chi connectivity index (χ0) is 18.8. The van der Waals surface area contributed by atoms with Gasteiger partial charge in [0, 0.05) is 26.3 Å². The van der Waals surface area contributed by atoms with Crippen molar-refractivity contribution in [1.29, 1.82) is 0 Å². The highest BCUT2D eigenvalue weighted by molar-refractivity contribution is 7.89. The van der Waals surface area contributed by atoms with Gasteiger partial charge in [0.25, 0.3) is 5.91 Å². The minimum atomic E-state index is -3.67. The number of aromatic nitrogens is 1. The van der Waals surface area contributed by atoms with Crippen molar-refractivity contribution in [1.82, 2.24) is 8.87 Å². The van der Waals surface area contributed by atoms with Crippen LogP contribution >= 0.6 is 11.6 Å². The summed E-state index contributed by atoms with van der Waals surface area (Å²) in [6, 6.07) is 9.27. The molecular formula is C17H20ClN3O3S. The predicted octanol–water partition coefficient (Wildman–Crippen LogP) is 2.39. The zero-order valence-electron chi connectivity index (χ0n) is 14.5. The number of nitrogens with zero attached hydrogens (tertiary/aromatic N) is 3. The maximum atomic E-state index is 12.9. The van der Waals surface area contributed by atoms with Crippen LogP contribution in [0.25, 0.3) is 0 Å². The Kier molecular flexibility index (Phi) is 5.82. The van der Waals surface area contributed by atoms with E-state index in [1.165, 1.54) is 36.9 Å². The number of pyridine rings is 1. The first kappa shape index (κ1) is 19.4. The van der Waals surface area contributed by atoms with Gasteiger partial charge in [-0.1, -0.05) is 17.7 Å². The molecule has 0 saturated carbocycles. The normalized spacial score (nSPS) is 12.8. The predicted molar refractivity (Wildman–Crippen MR) is 97.2 cm³/mol. The van der Waals surface area contributed by atoms with Gasteiger partial charge in [-0.2, -0.15) is 0 Å². The molecule has 2 rings (SSSR count). The Labute approximate surface area is 152 Å². The van der Waals surface area contributed by atoms with Crippen molar-refractivity contribution in [3.63, 3.8) is 0 Å². The van der Waals surface area contributed by atoms with Crippen LogP contribution < -0.4 is 5.49 Å². The Morgan fingerprint density at radius 1 is 1.20 bits per heavy atom. The number of hydrogen-bond acceptors (Lipinski definition) is 4. The van der Waals surface area contributed by atoms with Gasteiger partial charge in [-0.05, 0) is 44.2 Å². The van der Waals surface area contributed by atoms with E-state index in [1.54, 1.807) is 24.4 Å². The van der Waals surface area contributed by atoms with Crippen molar-refractivity contribution in [2.45, 2.75) is 24.8 Å². The summed E-state index contributed by atoms with van der Waals surface area (Å²) in [7, 11) is -0.816. The van der Waals surface area contributed by atoms with Crippen molar-refractivity contribution >= 4 is 27.5 Å². The minimum Gasteiger partial charge on any atom is -0.268 e. The van der Waals surface area contributed by atoms with Crippen LogP contribution in [-0.2, 0) is 10.0 Å². The first-order valence-electron chi connectivity index (χ1n) is 7.63. The number of hydrogen-bond donors (Lipinski definition) is 0. The van der Waals surface area contributed by atoms with E-state index in [0.717, 1.165) is 4.31 Å². The van der Waals surface area contributed by atoms with E-state index in [0.29, 0.717) is 5.49 Å². The van der Waals surface area contributed by atoms with E-state index in [-0.39, 0.29) is 21.5 Å². The molecule has 0 aliphatic rings. The molecule has 1 aromatic carbocycles. The lowest BCUT2D eigenvalue weighted by Crippen LogP contribution is -2.29. The third-order valence-corrected chi connectivity index (χ3v) is 5.54. The molecule has 134 valence electrons. The fourth-order valence-electron chi connectivity index (χ4n) is 2.14. The van der Waals surface area contributed by atoms with Crippen LogP contribution in [0.3, 0.4) is 0 Å². The summed E-state index contributed by atoms with van der Waals surface area (Å²) in [4.78, 5) is 17.3. The molecule has 0 N–H and O–H groups in total. The van der Waals surface area contributed by atoms with Gasteiger partial charge >= 0.3 is 0 Å². The lowest BCUT2D eigenvalue weighted by atomic mass is 10.2. The second kappa shape index (κ2) is 7.51. The van der Waals surface area contributed by atoms with E-state index in [9.17, 15) is 13.2 Å². The molecule has 0 spiro atoms. The molecule has 0 unspecified atom stereocenters. The van der Waals surface area contributed by atoms with Gasteiger partial charge in [0.05, 0.1) is 15.5 Å². The summed E-state index contributed by atoms with van der Waals surface area (Å²) in [6.07, 6.45) is 1.58. The SMILES string of the molecule is CC(C)N=c1ccccn1C(=O)c1cc(S(=O)(=O)N(C)C)ccc1Cl. The van der Waals surface area contributed by atoms with Gasteiger partial charge in [-0.25, -0.2) is 12.7 Å². The lowest BCUT2D eigenvalue weighted by molar-refractivity contribution is 0.0954. The van der Waals surface area contributed by atoms with Crippen LogP contribution in [0.5, 0.6) is 0 Å².